The molecule has 0 aromatic heterocycles. The molecule has 0 saturated heterocycles. The van der Waals surface area contributed by atoms with Crippen LogP contribution in [-0.4, -0.2) is 32.1 Å². The molecule has 0 aliphatic carbocycles. The van der Waals surface area contributed by atoms with Crippen LogP contribution in [0.15, 0.2) is 0 Å². The second-order valence-electron chi connectivity index (χ2n) is 3.61. The molecule has 3 nitrogen and oxygen atoms in total. The van der Waals surface area contributed by atoms with Crippen molar-refractivity contribution in [2.75, 3.05) is 18.1 Å². The molecule has 0 saturated carbocycles. The van der Waals surface area contributed by atoms with E-state index in [9.17, 15) is 12.8 Å². The summed E-state index contributed by atoms with van der Waals surface area (Å²) in [6, 6.07) is 0. The second kappa shape index (κ2) is 5.66. The molecule has 0 spiro atoms. The third kappa shape index (κ3) is 4.91. The lowest BCUT2D eigenvalue weighted by atomic mass is 10.0. The van der Waals surface area contributed by atoms with Crippen molar-refractivity contribution in [3.63, 3.8) is 0 Å². The summed E-state index contributed by atoms with van der Waals surface area (Å²) in [4.78, 5) is 0. The van der Waals surface area contributed by atoms with Gasteiger partial charge in [0.15, 0.2) is 0 Å². The maximum atomic E-state index is 13.6. The Labute approximate surface area is 85.8 Å². The van der Waals surface area contributed by atoms with E-state index in [-0.39, 0.29) is 30.9 Å². The van der Waals surface area contributed by atoms with Crippen LogP contribution in [0.25, 0.3) is 0 Å². The Bertz CT molecular complexity index is 248. The van der Waals surface area contributed by atoms with Crippen LogP contribution >= 0.6 is 0 Å². The van der Waals surface area contributed by atoms with Gasteiger partial charge in [0.25, 0.3) is 0 Å². The molecule has 0 aliphatic rings. The number of hydrogen-bond donors (Lipinski definition) is 1. The SMILES string of the molecule is CCCS(=O)(=O)CCC(F)(CC)CN. The van der Waals surface area contributed by atoms with E-state index < -0.39 is 15.5 Å². The van der Waals surface area contributed by atoms with Crippen LogP contribution in [0, 0.1) is 0 Å². The van der Waals surface area contributed by atoms with Gasteiger partial charge in [0.2, 0.25) is 0 Å². The van der Waals surface area contributed by atoms with E-state index in [0.717, 1.165) is 0 Å². The summed E-state index contributed by atoms with van der Waals surface area (Å²) in [6.45, 7) is 3.37. The van der Waals surface area contributed by atoms with Crippen LogP contribution in [0.3, 0.4) is 0 Å². The summed E-state index contributed by atoms with van der Waals surface area (Å²) in [5.41, 5.74) is 3.74. The normalized spacial score (nSPS) is 16.6. The third-order valence-electron chi connectivity index (χ3n) is 2.38. The van der Waals surface area contributed by atoms with E-state index in [2.05, 4.69) is 0 Å². The third-order valence-corrected chi connectivity index (χ3v) is 4.23. The van der Waals surface area contributed by atoms with Crippen molar-refractivity contribution < 1.29 is 12.8 Å². The van der Waals surface area contributed by atoms with Crippen molar-refractivity contribution in [3.05, 3.63) is 0 Å². The first-order chi connectivity index (χ1) is 6.39. The van der Waals surface area contributed by atoms with Gasteiger partial charge in [-0.1, -0.05) is 13.8 Å². The van der Waals surface area contributed by atoms with E-state index in [1.807, 2.05) is 0 Å². The van der Waals surface area contributed by atoms with Gasteiger partial charge in [0, 0.05) is 12.3 Å². The molecule has 0 aliphatic heterocycles. The van der Waals surface area contributed by atoms with Crippen LogP contribution in [0.1, 0.15) is 33.1 Å². The van der Waals surface area contributed by atoms with Crippen molar-refractivity contribution in [1.29, 1.82) is 0 Å². The fourth-order valence-electron chi connectivity index (χ4n) is 1.17. The highest BCUT2D eigenvalue weighted by Crippen LogP contribution is 2.20. The van der Waals surface area contributed by atoms with Crippen LogP contribution in [0.2, 0.25) is 0 Å². The minimum absolute atomic E-state index is 0.0162. The molecule has 0 aromatic carbocycles. The first-order valence-electron chi connectivity index (χ1n) is 4.98. The fourth-order valence-corrected chi connectivity index (χ4v) is 2.68. The summed E-state index contributed by atoms with van der Waals surface area (Å²) in [7, 11) is -3.08. The lowest BCUT2D eigenvalue weighted by Crippen LogP contribution is -2.34. The molecule has 0 rings (SSSR count). The van der Waals surface area contributed by atoms with Gasteiger partial charge in [-0.2, -0.15) is 0 Å². The molecular weight excluding hydrogens is 205 g/mol. The molecule has 86 valence electrons. The van der Waals surface area contributed by atoms with E-state index in [0.29, 0.717) is 6.42 Å². The minimum atomic E-state index is -3.08. The van der Waals surface area contributed by atoms with Crippen LogP contribution in [-0.2, 0) is 9.84 Å². The fraction of sp³-hybridized carbons (Fsp3) is 1.00. The molecule has 0 heterocycles. The maximum absolute atomic E-state index is 13.6. The Balaban J connectivity index is 4.16. The summed E-state index contributed by atoms with van der Waals surface area (Å²) in [5.74, 6) is 0.0414. The molecule has 0 amide bonds. The highest BCUT2D eigenvalue weighted by atomic mass is 32.2. The lowest BCUT2D eigenvalue weighted by molar-refractivity contribution is 0.162. The molecule has 5 heteroatoms. The minimum Gasteiger partial charge on any atom is -0.328 e. The van der Waals surface area contributed by atoms with Crippen molar-refractivity contribution >= 4 is 9.84 Å². The zero-order valence-corrected chi connectivity index (χ0v) is 9.74. The molecule has 0 aromatic rings. The van der Waals surface area contributed by atoms with Gasteiger partial charge in [-0.25, -0.2) is 12.8 Å². The van der Waals surface area contributed by atoms with Crippen LogP contribution < -0.4 is 5.73 Å². The number of alkyl halides is 1. The average molecular weight is 225 g/mol. The van der Waals surface area contributed by atoms with E-state index in [4.69, 9.17) is 5.73 Å². The lowest BCUT2D eigenvalue weighted by Gasteiger charge is -2.21. The topological polar surface area (TPSA) is 60.2 Å². The molecule has 0 bridgehead atoms. The van der Waals surface area contributed by atoms with Gasteiger partial charge in [0.1, 0.15) is 15.5 Å². The second-order valence-corrected chi connectivity index (χ2v) is 5.91. The highest BCUT2D eigenvalue weighted by molar-refractivity contribution is 7.91. The van der Waals surface area contributed by atoms with E-state index in [1.165, 1.54) is 0 Å². The summed E-state index contributed by atoms with van der Waals surface area (Å²) in [5, 5.41) is 0. The highest BCUT2D eigenvalue weighted by Gasteiger charge is 2.27. The zero-order chi connectivity index (χ0) is 11.2. The molecule has 1 unspecified atom stereocenters. The number of nitrogens with two attached hydrogens (primary N) is 1. The van der Waals surface area contributed by atoms with E-state index >= 15 is 0 Å². The Morgan fingerprint density at radius 1 is 1.29 bits per heavy atom. The zero-order valence-electron chi connectivity index (χ0n) is 8.92. The molecular formula is C9H20FNO2S. The average Bonchev–Trinajstić information content (AvgIpc) is 2.14. The van der Waals surface area contributed by atoms with Crippen LogP contribution in [0.4, 0.5) is 4.39 Å². The number of rotatable bonds is 7. The Morgan fingerprint density at radius 2 is 1.86 bits per heavy atom. The molecule has 0 fully saturated rings. The predicted molar refractivity (Wildman–Crippen MR) is 56.7 cm³/mol. The maximum Gasteiger partial charge on any atom is 0.150 e. The standard InChI is InChI=1S/C9H20FNO2S/c1-3-6-14(12,13)7-5-9(10,4-2)8-11/h3-8,11H2,1-2H3. The molecule has 1 atom stereocenters. The van der Waals surface area contributed by atoms with Gasteiger partial charge < -0.3 is 5.73 Å². The Morgan fingerprint density at radius 3 is 2.21 bits per heavy atom. The predicted octanol–water partition coefficient (Wildman–Crippen LogP) is 1.28. The molecule has 2 N–H and O–H groups in total. The number of halogens is 1. The first-order valence-corrected chi connectivity index (χ1v) is 6.80. The van der Waals surface area contributed by atoms with E-state index in [1.54, 1.807) is 13.8 Å². The smallest absolute Gasteiger partial charge is 0.150 e. The number of sulfone groups is 1. The van der Waals surface area contributed by atoms with Crippen LogP contribution in [0.5, 0.6) is 0 Å². The molecule has 0 radical (unpaired) electrons. The molecule has 14 heavy (non-hydrogen) atoms. The summed E-state index contributed by atoms with van der Waals surface area (Å²) < 4.78 is 36.2. The van der Waals surface area contributed by atoms with Crippen molar-refractivity contribution in [2.24, 2.45) is 5.73 Å². The quantitative estimate of drug-likeness (QED) is 0.710. The monoisotopic (exact) mass is 225 g/mol. The largest absolute Gasteiger partial charge is 0.328 e. The van der Waals surface area contributed by atoms with Gasteiger partial charge in [-0.3, -0.25) is 0 Å². The van der Waals surface area contributed by atoms with Gasteiger partial charge >= 0.3 is 0 Å². The first kappa shape index (κ1) is 13.8. The Kier molecular flexibility index (Phi) is 5.59. The summed E-state index contributed by atoms with van der Waals surface area (Å²) in [6.07, 6.45) is 0.865. The van der Waals surface area contributed by atoms with Crippen molar-refractivity contribution in [2.45, 2.75) is 38.8 Å². The van der Waals surface area contributed by atoms with Gasteiger partial charge in [-0.05, 0) is 19.3 Å². The Hall–Kier alpha value is -0.160. The van der Waals surface area contributed by atoms with Crippen molar-refractivity contribution in [3.8, 4) is 0 Å². The van der Waals surface area contributed by atoms with Crippen molar-refractivity contribution in [1.82, 2.24) is 0 Å². The van der Waals surface area contributed by atoms with Gasteiger partial charge in [0.05, 0.1) is 5.75 Å². The number of hydrogen-bond acceptors (Lipinski definition) is 3. The summed E-state index contributed by atoms with van der Waals surface area (Å²) >= 11 is 0. The van der Waals surface area contributed by atoms with Gasteiger partial charge in [-0.15, -0.1) is 0 Å².